The molecular weight excluding hydrogens is 288 g/mol. The van der Waals surface area contributed by atoms with Crippen molar-refractivity contribution in [3.63, 3.8) is 0 Å². The number of nitrogens with one attached hydrogen (secondary N) is 2. The average molecular weight is 308 g/mol. The summed E-state index contributed by atoms with van der Waals surface area (Å²) in [7, 11) is -6.33. The van der Waals surface area contributed by atoms with Crippen molar-refractivity contribution in [2.75, 3.05) is 25.4 Å². The molecule has 0 spiro atoms. The van der Waals surface area contributed by atoms with Crippen molar-refractivity contribution in [1.82, 2.24) is 10.0 Å². The molecule has 1 aliphatic carbocycles. The molecule has 2 atom stereocenters. The first-order chi connectivity index (χ1) is 8.86. The number of fused-ring (bicyclic) bond motifs is 1. The second kappa shape index (κ2) is 4.41. The maximum Gasteiger partial charge on any atom is 0.214 e. The van der Waals surface area contributed by atoms with Gasteiger partial charge in [0, 0.05) is 25.0 Å². The van der Waals surface area contributed by atoms with E-state index in [0.29, 0.717) is 19.5 Å². The lowest BCUT2D eigenvalue weighted by atomic mass is 9.82. The molecule has 0 radical (unpaired) electrons. The van der Waals surface area contributed by atoms with Crippen LogP contribution in [0.15, 0.2) is 0 Å². The van der Waals surface area contributed by atoms with E-state index in [4.69, 9.17) is 0 Å². The fourth-order valence-electron chi connectivity index (χ4n) is 3.31. The molecule has 2 saturated heterocycles. The van der Waals surface area contributed by atoms with Gasteiger partial charge in [0.1, 0.15) is 0 Å². The van der Waals surface area contributed by atoms with Crippen LogP contribution >= 0.6 is 0 Å². The monoisotopic (exact) mass is 308 g/mol. The largest absolute Gasteiger partial charge is 0.315 e. The van der Waals surface area contributed by atoms with Crippen LogP contribution in [0.2, 0.25) is 0 Å². The van der Waals surface area contributed by atoms with Crippen LogP contribution in [0.3, 0.4) is 0 Å². The molecule has 3 aliphatic rings. The molecule has 2 heterocycles. The molecule has 110 valence electrons. The highest BCUT2D eigenvalue weighted by Crippen LogP contribution is 2.40. The van der Waals surface area contributed by atoms with Gasteiger partial charge in [-0.25, -0.2) is 21.6 Å². The van der Waals surface area contributed by atoms with E-state index in [1.807, 2.05) is 0 Å². The third-order valence-corrected chi connectivity index (χ3v) is 8.90. The summed E-state index contributed by atoms with van der Waals surface area (Å²) in [6, 6.07) is 0. The fourth-order valence-corrected chi connectivity index (χ4v) is 7.04. The van der Waals surface area contributed by atoms with Crippen molar-refractivity contribution in [2.45, 2.75) is 36.2 Å². The molecule has 0 bridgehead atoms. The summed E-state index contributed by atoms with van der Waals surface area (Å²) in [5.41, 5.74) is -0.445. The van der Waals surface area contributed by atoms with Gasteiger partial charge in [-0.1, -0.05) is 0 Å². The highest BCUT2D eigenvalue weighted by atomic mass is 32.2. The van der Waals surface area contributed by atoms with Crippen molar-refractivity contribution < 1.29 is 16.8 Å². The quantitative estimate of drug-likeness (QED) is 0.712. The van der Waals surface area contributed by atoms with Crippen LogP contribution in [0.4, 0.5) is 0 Å². The molecule has 0 aromatic rings. The molecule has 0 amide bonds. The van der Waals surface area contributed by atoms with Gasteiger partial charge in [-0.05, 0) is 25.7 Å². The lowest BCUT2D eigenvalue weighted by Gasteiger charge is -2.38. The number of rotatable bonds is 4. The first-order valence-electron chi connectivity index (χ1n) is 6.77. The van der Waals surface area contributed by atoms with Crippen LogP contribution in [0.1, 0.15) is 25.7 Å². The van der Waals surface area contributed by atoms with E-state index in [1.54, 1.807) is 0 Å². The number of hydrogen-bond acceptors (Lipinski definition) is 5. The molecule has 6 nitrogen and oxygen atoms in total. The smallest absolute Gasteiger partial charge is 0.214 e. The summed E-state index contributed by atoms with van der Waals surface area (Å²) in [5, 5.41) is 2.44. The minimum atomic E-state index is -3.24. The highest BCUT2D eigenvalue weighted by molar-refractivity contribution is 7.92. The highest BCUT2D eigenvalue weighted by Gasteiger charge is 2.52. The van der Waals surface area contributed by atoms with Crippen molar-refractivity contribution in [3.05, 3.63) is 0 Å². The van der Waals surface area contributed by atoms with Crippen molar-refractivity contribution in [3.8, 4) is 0 Å². The summed E-state index contributed by atoms with van der Waals surface area (Å²) in [5.74, 6) is 0.233. The second-order valence-corrected chi connectivity index (χ2v) is 10.4. The Morgan fingerprint density at radius 3 is 2.74 bits per heavy atom. The molecule has 0 aromatic carbocycles. The molecule has 2 aliphatic heterocycles. The predicted molar refractivity (Wildman–Crippen MR) is 72.1 cm³/mol. The third-order valence-electron chi connectivity index (χ3n) is 4.62. The molecule has 8 heteroatoms. The van der Waals surface area contributed by atoms with Gasteiger partial charge < -0.3 is 5.32 Å². The minimum absolute atomic E-state index is 0.233. The van der Waals surface area contributed by atoms with Gasteiger partial charge in [-0.3, -0.25) is 0 Å². The Hall–Kier alpha value is -0.180. The van der Waals surface area contributed by atoms with Crippen molar-refractivity contribution in [2.24, 2.45) is 5.41 Å². The first kappa shape index (κ1) is 13.8. The zero-order chi connectivity index (χ0) is 13.7. The summed E-state index contributed by atoms with van der Waals surface area (Å²) in [6.45, 7) is 1.29. The van der Waals surface area contributed by atoms with E-state index in [9.17, 15) is 16.8 Å². The van der Waals surface area contributed by atoms with Crippen LogP contribution in [0.5, 0.6) is 0 Å². The zero-order valence-corrected chi connectivity index (χ0v) is 12.4. The third kappa shape index (κ3) is 2.43. The summed E-state index contributed by atoms with van der Waals surface area (Å²) in [6.07, 6.45) is 2.85. The van der Waals surface area contributed by atoms with E-state index < -0.39 is 30.5 Å². The molecule has 3 fully saturated rings. The summed E-state index contributed by atoms with van der Waals surface area (Å²) in [4.78, 5) is 0. The maximum atomic E-state index is 12.1. The molecule has 19 heavy (non-hydrogen) atoms. The van der Waals surface area contributed by atoms with Gasteiger partial charge in [0.25, 0.3) is 0 Å². The minimum Gasteiger partial charge on any atom is -0.315 e. The van der Waals surface area contributed by atoms with Gasteiger partial charge >= 0.3 is 0 Å². The van der Waals surface area contributed by atoms with Crippen LogP contribution in [-0.2, 0) is 19.9 Å². The Morgan fingerprint density at radius 1 is 1.32 bits per heavy atom. The fraction of sp³-hybridized carbons (Fsp3) is 1.00. The van der Waals surface area contributed by atoms with E-state index in [0.717, 1.165) is 19.3 Å². The Balaban J connectivity index is 1.78. The molecule has 3 rings (SSSR count). The molecule has 0 aromatic heterocycles. The van der Waals surface area contributed by atoms with E-state index in [1.165, 1.54) is 0 Å². The topological polar surface area (TPSA) is 92.3 Å². The van der Waals surface area contributed by atoms with Gasteiger partial charge in [0.2, 0.25) is 10.0 Å². The normalized spacial score (nSPS) is 38.0. The summed E-state index contributed by atoms with van der Waals surface area (Å²) >= 11 is 0. The maximum absolute atomic E-state index is 12.1. The SMILES string of the molecule is O=S1(=O)CCCC2(CNS(=O)(=O)C3CC3)CNCC21. The lowest BCUT2D eigenvalue weighted by Crippen LogP contribution is -2.51. The Morgan fingerprint density at radius 2 is 2.05 bits per heavy atom. The van der Waals surface area contributed by atoms with Crippen molar-refractivity contribution in [1.29, 1.82) is 0 Å². The zero-order valence-electron chi connectivity index (χ0n) is 10.8. The van der Waals surface area contributed by atoms with Crippen LogP contribution in [0.25, 0.3) is 0 Å². The molecule has 2 unspecified atom stereocenters. The first-order valence-corrected chi connectivity index (χ1v) is 10.0. The van der Waals surface area contributed by atoms with E-state index in [-0.39, 0.29) is 17.5 Å². The predicted octanol–water partition coefficient (Wildman–Crippen LogP) is -0.765. The van der Waals surface area contributed by atoms with Crippen LogP contribution < -0.4 is 10.0 Å². The van der Waals surface area contributed by atoms with E-state index >= 15 is 0 Å². The summed E-state index contributed by atoms with van der Waals surface area (Å²) < 4.78 is 50.7. The van der Waals surface area contributed by atoms with Gasteiger partial charge in [0.15, 0.2) is 9.84 Å². The van der Waals surface area contributed by atoms with Gasteiger partial charge in [-0.15, -0.1) is 0 Å². The Bertz CT molecular complexity index is 568. The molecular formula is C11H20N2O4S2. The Labute approximate surface area is 114 Å². The number of sulfonamides is 1. The van der Waals surface area contributed by atoms with E-state index in [2.05, 4.69) is 10.0 Å². The second-order valence-electron chi connectivity index (χ2n) is 6.02. The number of sulfone groups is 1. The standard InChI is InChI=1S/C11H20N2O4S2/c14-18(15)5-1-4-11(7-12-6-10(11)18)8-13-19(16,17)9-2-3-9/h9-10,12-13H,1-8H2. The average Bonchev–Trinajstić information content (AvgIpc) is 3.09. The van der Waals surface area contributed by atoms with Gasteiger partial charge in [0.05, 0.1) is 16.3 Å². The van der Waals surface area contributed by atoms with Crippen molar-refractivity contribution >= 4 is 19.9 Å². The lowest BCUT2D eigenvalue weighted by molar-refractivity contribution is 0.282. The van der Waals surface area contributed by atoms with Gasteiger partial charge in [-0.2, -0.15) is 0 Å². The number of hydrogen-bond donors (Lipinski definition) is 2. The molecule has 2 N–H and O–H groups in total. The van der Waals surface area contributed by atoms with Crippen LogP contribution in [-0.4, -0.2) is 52.7 Å². The molecule has 1 saturated carbocycles. The van der Waals surface area contributed by atoms with Crippen LogP contribution in [0, 0.1) is 5.41 Å². The Kier molecular flexibility index (Phi) is 3.20.